The Balaban J connectivity index is 2.46. The van der Waals surface area contributed by atoms with Gasteiger partial charge in [-0.25, -0.2) is 0 Å². The average Bonchev–Trinajstić information content (AvgIpc) is 2.11. The first-order valence-electron chi connectivity index (χ1n) is 4.81. The van der Waals surface area contributed by atoms with Gasteiger partial charge in [0.05, 0.1) is 5.70 Å². The normalized spacial score (nSPS) is 17.6. The van der Waals surface area contributed by atoms with E-state index in [9.17, 15) is 0 Å². The Kier molecular flexibility index (Phi) is 4.53. The van der Waals surface area contributed by atoms with Gasteiger partial charge in [0.25, 0.3) is 0 Å². The Morgan fingerprint density at radius 1 is 1.46 bits per heavy atom. The fourth-order valence-corrected chi connectivity index (χ4v) is 2.06. The summed E-state index contributed by atoms with van der Waals surface area (Å²) in [6.07, 6.45) is 1.06. The molecule has 0 unspecified atom stereocenters. The van der Waals surface area contributed by atoms with Crippen LogP contribution in [0.1, 0.15) is 27.2 Å². The Hall–Kier alpha value is -0.280. The zero-order valence-corrected chi connectivity index (χ0v) is 9.50. The number of nitrogens with zero attached hydrogens (tertiary/aromatic N) is 1. The maximum atomic E-state index is 4.57. The molecule has 0 atom stereocenters. The van der Waals surface area contributed by atoms with E-state index in [0.717, 1.165) is 25.3 Å². The number of allylic oxidation sites excluding steroid dienone is 1. The summed E-state index contributed by atoms with van der Waals surface area (Å²) in [4.78, 5) is 5.96. The number of nitrogens with one attached hydrogen (secondary N) is 1. The van der Waals surface area contributed by atoms with Crippen LogP contribution in [-0.2, 0) is 0 Å². The smallest absolute Gasteiger partial charge is 0.0507 e. The molecule has 1 aliphatic rings. The molecule has 0 amide bonds. The highest BCUT2D eigenvalue weighted by Gasteiger charge is 2.08. The summed E-state index contributed by atoms with van der Waals surface area (Å²) in [6.45, 7) is 8.49. The average molecular weight is 198 g/mol. The van der Waals surface area contributed by atoms with E-state index in [1.54, 1.807) is 0 Å². The van der Waals surface area contributed by atoms with Crippen LogP contribution >= 0.6 is 11.8 Å². The summed E-state index contributed by atoms with van der Waals surface area (Å²) in [5.41, 5.74) is 2.52. The lowest BCUT2D eigenvalue weighted by Crippen LogP contribution is -2.15. The summed E-state index contributed by atoms with van der Waals surface area (Å²) in [7, 11) is 0. The summed E-state index contributed by atoms with van der Waals surface area (Å²) in [5.74, 6) is 1.07. The monoisotopic (exact) mass is 198 g/mol. The van der Waals surface area contributed by atoms with Crippen molar-refractivity contribution in [1.29, 1.82) is 0 Å². The Labute approximate surface area is 84.9 Å². The first-order chi connectivity index (χ1) is 6.24. The minimum absolute atomic E-state index is 1.04. The van der Waals surface area contributed by atoms with Gasteiger partial charge in [-0.05, 0) is 20.4 Å². The van der Waals surface area contributed by atoms with Gasteiger partial charge in [-0.2, -0.15) is 0 Å². The van der Waals surface area contributed by atoms with Gasteiger partial charge in [0, 0.05) is 29.3 Å². The SMILES string of the molecule is CCNCCC1=C(C)SCC(C)=N1. The molecule has 2 nitrogen and oxygen atoms in total. The van der Waals surface area contributed by atoms with Crippen molar-refractivity contribution in [3.8, 4) is 0 Å². The third-order valence-electron chi connectivity index (χ3n) is 2.02. The van der Waals surface area contributed by atoms with Crippen LogP contribution in [0, 0.1) is 0 Å². The second kappa shape index (κ2) is 5.45. The van der Waals surface area contributed by atoms with Crippen molar-refractivity contribution in [2.24, 2.45) is 4.99 Å². The van der Waals surface area contributed by atoms with Gasteiger partial charge in [-0.3, -0.25) is 4.99 Å². The highest BCUT2D eigenvalue weighted by molar-refractivity contribution is 8.03. The summed E-state index contributed by atoms with van der Waals surface area (Å²) in [5, 5.41) is 3.32. The van der Waals surface area contributed by atoms with Crippen LogP contribution in [0.2, 0.25) is 0 Å². The third kappa shape index (κ3) is 3.53. The van der Waals surface area contributed by atoms with Crippen LogP contribution in [-0.4, -0.2) is 24.6 Å². The van der Waals surface area contributed by atoms with E-state index >= 15 is 0 Å². The molecule has 0 saturated heterocycles. The molecule has 0 radical (unpaired) electrons. The van der Waals surface area contributed by atoms with Crippen molar-refractivity contribution in [2.45, 2.75) is 27.2 Å². The van der Waals surface area contributed by atoms with Crippen LogP contribution < -0.4 is 5.32 Å². The van der Waals surface area contributed by atoms with Crippen LogP contribution in [0.4, 0.5) is 0 Å². The van der Waals surface area contributed by atoms with Gasteiger partial charge in [0.15, 0.2) is 0 Å². The molecule has 3 heteroatoms. The molecule has 13 heavy (non-hydrogen) atoms. The number of rotatable bonds is 4. The second-order valence-corrected chi connectivity index (χ2v) is 4.43. The third-order valence-corrected chi connectivity index (χ3v) is 3.25. The molecule has 0 aliphatic carbocycles. The molecular formula is C10H18N2S. The van der Waals surface area contributed by atoms with Gasteiger partial charge < -0.3 is 5.32 Å². The molecule has 0 aromatic rings. The van der Waals surface area contributed by atoms with Crippen LogP contribution in [0.15, 0.2) is 15.6 Å². The second-order valence-electron chi connectivity index (χ2n) is 3.24. The van der Waals surface area contributed by atoms with Crippen molar-refractivity contribution in [1.82, 2.24) is 5.32 Å². The van der Waals surface area contributed by atoms with Gasteiger partial charge in [-0.1, -0.05) is 6.92 Å². The Bertz CT molecular complexity index is 231. The van der Waals surface area contributed by atoms with Gasteiger partial charge in [0.1, 0.15) is 0 Å². The van der Waals surface area contributed by atoms with E-state index in [2.05, 4.69) is 31.1 Å². The van der Waals surface area contributed by atoms with Crippen molar-refractivity contribution >= 4 is 17.5 Å². The molecule has 1 aliphatic heterocycles. The zero-order valence-electron chi connectivity index (χ0n) is 8.68. The van der Waals surface area contributed by atoms with Crippen molar-refractivity contribution in [2.75, 3.05) is 18.8 Å². The predicted octanol–water partition coefficient (Wildman–Crippen LogP) is 2.43. The molecule has 1 heterocycles. The fourth-order valence-electron chi connectivity index (χ4n) is 1.25. The lowest BCUT2D eigenvalue weighted by molar-refractivity contribution is 0.709. The first kappa shape index (κ1) is 10.8. The van der Waals surface area contributed by atoms with E-state index < -0.39 is 0 Å². The molecule has 0 bridgehead atoms. The van der Waals surface area contributed by atoms with E-state index in [1.165, 1.54) is 16.3 Å². The minimum Gasteiger partial charge on any atom is -0.317 e. The maximum Gasteiger partial charge on any atom is 0.0507 e. The van der Waals surface area contributed by atoms with Crippen LogP contribution in [0.25, 0.3) is 0 Å². The fraction of sp³-hybridized carbons (Fsp3) is 0.700. The molecule has 74 valence electrons. The summed E-state index contributed by atoms with van der Waals surface area (Å²) in [6, 6.07) is 0. The molecular weight excluding hydrogens is 180 g/mol. The lowest BCUT2D eigenvalue weighted by atomic mass is 10.3. The Morgan fingerprint density at radius 3 is 2.92 bits per heavy atom. The summed E-state index contributed by atoms with van der Waals surface area (Å²) < 4.78 is 0. The van der Waals surface area contributed by atoms with Gasteiger partial charge in [-0.15, -0.1) is 11.8 Å². The van der Waals surface area contributed by atoms with Crippen LogP contribution in [0.5, 0.6) is 0 Å². The highest BCUT2D eigenvalue weighted by Crippen LogP contribution is 2.26. The van der Waals surface area contributed by atoms with E-state index in [0.29, 0.717) is 0 Å². The number of hydrogen-bond acceptors (Lipinski definition) is 3. The predicted molar refractivity (Wildman–Crippen MR) is 61.4 cm³/mol. The largest absolute Gasteiger partial charge is 0.317 e. The van der Waals surface area contributed by atoms with Crippen LogP contribution in [0.3, 0.4) is 0 Å². The van der Waals surface area contributed by atoms with Crippen molar-refractivity contribution in [3.05, 3.63) is 10.6 Å². The quantitative estimate of drug-likeness (QED) is 0.702. The van der Waals surface area contributed by atoms with E-state index in [-0.39, 0.29) is 0 Å². The van der Waals surface area contributed by atoms with Crippen molar-refractivity contribution in [3.63, 3.8) is 0 Å². The standard InChI is InChI=1S/C10H18N2S/c1-4-11-6-5-10-9(3)13-7-8(2)12-10/h11H,4-7H2,1-3H3. The van der Waals surface area contributed by atoms with E-state index in [4.69, 9.17) is 0 Å². The van der Waals surface area contributed by atoms with Gasteiger partial charge in [0.2, 0.25) is 0 Å². The number of aliphatic imine (C=N–C) groups is 1. The van der Waals surface area contributed by atoms with Gasteiger partial charge >= 0.3 is 0 Å². The molecule has 0 spiro atoms. The lowest BCUT2D eigenvalue weighted by Gasteiger charge is -2.14. The molecule has 0 saturated carbocycles. The molecule has 0 aromatic carbocycles. The van der Waals surface area contributed by atoms with E-state index in [1.807, 2.05) is 11.8 Å². The first-order valence-corrected chi connectivity index (χ1v) is 5.80. The Morgan fingerprint density at radius 2 is 2.23 bits per heavy atom. The minimum atomic E-state index is 1.04. The molecule has 0 fully saturated rings. The number of thioether (sulfide) groups is 1. The molecule has 1 rings (SSSR count). The molecule has 1 N–H and O–H groups in total. The topological polar surface area (TPSA) is 24.4 Å². The van der Waals surface area contributed by atoms with Crippen molar-refractivity contribution < 1.29 is 0 Å². The highest BCUT2D eigenvalue weighted by atomic mass is 32.2. The zero-order chi connectivity index (χ0) is 9.68. The summed E-state index contributed by atoms with van der Waals surface area (Å²) >= 11 is 1.91. The maximum absolute atomic E-state index is 4.57. The molecule has 0 aromatic heterocycles. The number of hydrogen-bond donors (Lipinski definition) is 1.